The second kappa shape index (κ2) is 11.0. The number of halogens is 1. The quantitative estimate of drug-likeness (QED) is 0.785. The number of hydrogen-bond donors (Lipinski definition) is 2. The van der Waals surface area contributed by atoms with E-state index in [9.17, 15) is 14.7 Å². The highest BCUT2D eigenvalue weighted by Crippen LogP contribution is 2.14. The van der Waals surface area contributed by atoms with E-state index in [1.165, 1.54) is 0 Å². The number of rotatable bonds is 3. The maximum Gasteiger partial charge on any atom is 0.410 e. The number of ether oxygens (including phenoxy) is 1. The Kier molecular flexibility index (Phi) is 9.44. The highest BCUT2D eigenvalue weighted by molar-refractivity contribution is 6.27. The molecule has 1 heterocycles. The molecule has 0 aromatic heterocycles. The molecule has 2 amide bonds. The Morgan fingerprint density at radius 3 is 2.50 bits per heavy atom. The minimum atomic E-state index is -0.459. The number of amides is 2. The molecule has 0 aliphatic carbocycles. The summed E-state index contributed by atoms with van der Waals surface area (Å²) in [6, 6.07) is 9.71. The summed E-state index contributed by atoms with van der Waals surface area (Å²) in [4.78, 5) is 23.9. The first-order valence-corrected chi connectivity index (χ1v) is 9.27. The maximum absolute atomic E-state index is 11.6. The number of likely N-dealkylation sites (tertiary alicyclic amines) is 1. The van der Waals surface area contributed by atoms with Crippen LogP contribution in [-0.4, -0.2) is 52.7 Å². The molecular formula is C19H29ClN2O4. The number of carbonyl (C=O) groups is 2. The summed E-state index contributed by atoms with van der Waals surface area (Å²) in [5, 5.41) is 12.1. The molecule has 1 aliphatic rings. The number of carbonyl (C=O) groups excluding carboxylic acids is 2. The SMILES string of the molecule is CC(C)(C)OC(=O)N1CCC[C@@H](O)C1.O=C(CCl)NCc1ccccc1. The molecule has 0 radical (unpaired) electrons. The van der Waals surface area contributed by atoms with Gasteiger partial charge in [0.15, 0.2) is 0 Å². The van der Waals surface area contributed by atoms with E-state index in [0.717, 1.165) is 18.4 Å². The molecule has 0 spiro atoms. The molecule has 0 bridgehead atoms. The summed E-state index contributed by atoms with van der Waals surface area (Å²) >= 11 is 5.31. The Bertz CT molecular complexity index is 560. The van der Waals surface area contributed by atoms with Crippen molar-refractivity contribution < 1.29 is 19.4 Å². The van der Waals surface area contributed by atoms with Gasteiger partial charge in [-0.25, -0.2) is 4.79 Å². The summed E-state index contributed by atoms with van der Waals surface area (Å²) in [7, 11) is 0. The maximum atomic E-state index is 11.6. The van der Waals surface area contributed by atoms with Crippen molar-refractivity contribution in [3.05, 3.63) is 35.9 Å². The molecule has 146 valence electrons. The van der Waals surface area contributed by atoms with Crippen LogP contribution in [-0.2, 0) is 16.1 Å². The highest BCUT2D eigenvalue weighted by atomic mass is 35.5. The lowest BCUT2D eigenvalue weighted by Crippen LogP contribution is -2.44. The van der Waals surface area contributed by atoms with Crippen LogP contribution in [0.2, 0.25) is 0 Å². The van der Waals surface area contributed by atoms with Crippen LogP contribution in [0, 0.1) is 0 Å². The number of hydrogen-bond acceptors (Lipinski definition) is 4. The summed E-state index contributed by atoms with van der Waals surface area (Å²) in [6.45, 7) is 7.15. The van der Waals surface area contributed by atoms with Crippen molar-refractivity contribution in [2.75, 3.05) is 19.0 Å². The number of alkyl halides is 1. The number of aliphatic hydroxyl groups excluding tert-OH is 1. The predicted molar refractivity (Wildman–Crippen MR) is 102 cm³/mol. The van der Waals surface area contributed by atoms with Crippen molar-refractivity contribution >= 4 is 23.6 Å². The molecule has 6 nitrogen and oxygen atoms in total. The second-order valence-corrected chi connectivity index (χ2v) is 7.39. The van der Waals surface area contributed by atoms with Gasteiger partial charge in [-0.15, -0.1) is 11.6 Å². The molecule has 7 heteroatoms. The van der Waals surface area contributed by atoms with E-state index >= 15 is 0 Å². The fraction of sp³-hybridized carbons (Fsp3) is 0.579. The number of aliphatic hydroxyl groups is 1. The molecule has 2 rings (SSSR count). The van der Waals surface area contributed by atoms with Gasteiger partial charge >= 0.3 is 6.09 Å². The third kappa shape index (κ3) is 9.63. The minimum Gasteiger partial charge on any atom is -0.444 e. The normalized spacial score (nSPS) is 17.0. The zero-order chi connectivity index (χ0) is 19.6. The third-order valence-corrected chi connectivity index (χ3v) is 3.74. The van der Waals surface area contributed by atoms with Crippen LogP contribution < -0.4 is 5.32 Å². The molecule has 1 saturated heterocycles. The predicted octanol–water partition coefficient (Wildman–Crippen LogP) is 2.92. The van der Waals surface area contributed by atoms with Gasteiger partial charge in [0.05, 0.1) is 6.10 Å². The molecule has 1 fully saturated rings. The third-order valence-electron chi connectivity index (χ3n) is 3.50. The average Bonchev–Trinajstić information content (AvgIpc) is 2.59. The van der Waals surface area contributed by atoms with Crippen LogP contribution in [0.15, 0.2) is 30.3 Å². The van der Waals surface area contributed by atoms with Crippen molar-refractivity contribution in [1.82, 2.24) is 10.2 Å². The fourth-order valence-corrected chi connectivity index (χ4v) is 2.39. The Balaban J connectivity index is 0.000000263. The minimum absolute atomic E-state index is 0.0207. The molecule has 2 N–H and O–H groups in total. The monoisotopic (exact) mass is 384 g/mol. The zero-order valence-electron chi connectivity index (χ0n) is 15.7. The Morgan fingerprint density at radius 1 is 1.31 bits per heavy atom. The standard InChI is InChI=1S/C10H19NO3.C9H10ClNO/c1-10(2,3)14-9(13)11-6-4-5-8(12)7-11;10-6-9(12)11-7-8-4-2-1-3-5-8/h8,12H,4-7H2,1-3H3;1-5H,6-7H2,(H,11,12)/t8-;/m1./s1. The molecule has 1 atom stereocenters. The molecule has 0 unspecified atom stereocenters. The first-order valence-electron chi connectivity index (χ1n) is 8.74. The van der Waals surface area contributed by atoms with E-state index in [1.807, 2.05) is 51.1 Å². The molecule has 1 aliphatic heterocycles. The van der Waals surface area contributed by atoms with Gasteiger partial charge in [0, 0.05) is 19.6 Å². The van der Waals surface area contributed by atoms with Gasteiger partial charge in [-0.1, -0.05) is 30.3 Å². The number of nitrogens with one attached hydrogen (secondary N) is 1. The van der Waals surface area contributed by atoms with Crippen molar-refractivity contribution in [3.8, 4) is 0 Å². The lowest BCUT2D eigenvalue weighted by atomic mass is 10.1. The number of piperidine rings is 1. The summed E-state index contributed by atoms with van der Waals surface area (Å²) < 4.78 is 5.20. The Labute approximate surface area is 160 Å². The average molecular weight is 385 g/mol. The van der Waals surface area contributed by atoms with E-state index < -0.39 is 11.7 Å². The van der Waals surface area contributed by atoms with Gasteiger partial charge in [-0.05, 0) is 39.2 Å². The van der Waals surface area contributed by atoms with E-state index in [0.29, 0.717) is 19.6 Å². The number of nitrogens with zero attached hydrogens (tertiary/aromatic N) is 1. The van der Waals surface area contributed by atoms with E-state index in [2.05, 4.69) is 5.32 Å². The topological polar surface area (TPSA) is 78.9 Å². The lowest BCUT2D eigenvalue weighted by Gasteiger charge is -2.32. The summed E-state index contributed by atoms with van der Waals surface area (Å²) in [5.41, 5.74) is 0.621. The Hall–Kier alpha value is -1.79. The van der Waals surface area contributed by atoms with Crippen molar-refractivity contribution in [3.63, 3.8) is 0 Å². The molecule has 1 aromatic rings. The summed E-state index contributed by atoms with van der Waals surface area (Å²) in [6.07, 6.45) is 0.909. The zero-order valence-corrected chi connectivity index (χ0v) is 16.5. The highest BCUT2D eigenvalue weighted by Gasteiger charge is 2.26. The van der Waals surface area contributed by atoms with Crippen molar-refractivity contribution in [2.45, 2.75) is 51.9 Å². The second-order valence-electron chi connectivity index (χ2n) is 7.12. The molecular weight excluding hydrogens is 356 g/mol. The van der Waals surface area contributed by atoms with Crippen LogP contribution in [0.3, 0.4) is 0 Å². The molecule has 0 saturated carbocycles. The van der Waals surface area contributed by atoms with Gasteiger partial charge in [0.25, 0.3) is 0 Å². The molecule has 26 heavy (non-hydrogen) atoms. The van der Waals surface area contributed by atoms with Crippen LogP contribution >= 0.6 is 11.6 Å². The van der Waals surface area contributed by atoms with Gasteiger partial charge in [0.1, 0.15) is 11.5 Å². The van der Waals surface area contributed by atoms with Crippen molar-refractivity contribution in [1.29, 1.82) is 0 Å². The van der Waals surface area contributed by atoms with Gasteiger partial charge in [-0.2, -0.15) is 0 Å². The van der Waals surface area contributed by atoms with E-state index in [-0.39, 0.29) is 17.9 Å². The Morgan fingerprint density at radius 2 is 1.96 bits per heavy atom. The van der Waals surface area contributed by atoms with Crippen LogP contribution in [0.25, 0.3) is 0 Å². The smallest absolute Gasteiger partial charge is 0.410 e. The van der Waals surface area contributed by atoms with Crippen molar-refractivity contribution in [2.24, 2.45) is 0 Å². The lowest BCUT2D eigenvalue weighted by molar-refractivity contribution is -0.118. The first kappa shape index (κ1) is 22.3. The largest absolute Gasteiger partial charge is 0.444 e. The van der Waals surface area contributed by atoms with Crippen LogP contribution in [0.4, 0.5) is 4.79 Å². The van der Waals surface area contributed by atoms with Gasteiger partial charge in [-0.3, -0.25) is 4.79 Å². The van der Waals surface area contributed by atoms with E-state index in [1.54, 1.807) is 4.90 Å². The number of benzene rings is 1. The number of β-amino-alcohol motifs (C(OH)–C–C–N with tert-alkyl or cyclic N) is 1. The van der Waals surface area contributed by atoms with Crippen LogP contribution in [0.5, 0.6) is 0 Å². The molecule has 1 aromatic carbocycles. The van der Waals surface area contributed by atoms with Crippen LogP contribution in [0.1, 0.15) is 39.2 Å². The summed E-state index contributed by atoms with van der Waals surface area (Å²) in [5.74, 6) is -0.118. The van der Waals surface area contributed by atoms with Gasteiger partial charge < -0.3 is 20.1 Å². The fourth-order valence-electron chi connectivity index (χ4n) is 2.29. The van der Waals surface area contributed by atoms with E-state index in [4.69, 9.17) is 16.3 Å². The first-order chi connectivity index (χ1) is 12.2. The van der Waals surface area contributed by atoms with Gasteiger partial charge in [0.2, 0.25) is 5.91 Å².